The summed E-state index contributed by atoms with van der Waals surface area (Å²) < 4.78 is 32.5. The van der Waals surface area contributed by atoms with E-state index in [2.05, 4.69) is 10.0 Å². The number of phenols is 1. The van der Waals surface area contributed by atoms with Crippen molar-refractivity contribution in [3.05, 3.63) is 58.1 Å². The first-order valence-corrected chi connectivity index (χ1v) is 11.7. The number of non-ortho nitro benzene ring substituents is 1. The lowest BCUT2D eigenvalue weighted by atomic mass is 9.95. The van der Waals surface area contributed by atoms with Crippen LogP contribution in [0.1, 0.15) is 42.5 Å². The molecule has 11 nitrogen and oxygen atoms in total. The maximum Gasteiger partial charge on any atom is 0.342 e. The van der Waals surface area contributed by atoms with Crippen LogP contribution in [0.3, 0.4) is 0 Å². The lowest BCUT2D eigenvalue weighted by Gasteiger charge is -2.22. The standard InChI is InChI=1S/C21H23N3O8S/c25-19-11-10-17(33(30,31)23-15-6-8-16(9-7-15)24(28)29)12-18(19)21(27)32-13-20(26)22-14-4-2-1-3-5-14/h6-12,14,23,25H,1-5,13H2,(H,22,26). The number of sulfonamides is 1. The first kappa shape index (κ1) is 24.0. The van der Waals surface area contributed by atoms with Gasteiger partial charge in [0.1, 0.15) is 11.3 Å². The molecule has 1 aliphatic rings. The van der Waals surface area contributed by atoms with Gasteiger partial charge in [0, 0.05) is 23.9 Å². The Labute approximate surface area is 190 Å². The van der Waals surface area contributed by atoms with Crippen molar-refractivity contribution >= 4 is 33.3 Å². The highest BCUT2D eigenvalue weighted by atomic mass is 32.2. The van der Waals surface area contributed by atoms with Crippen molar-refractivity contribution in [1.82, 2.24) is 5.32 Å². The number of hydrogen-bond donors (Lipinski definition) is 3. The first-order chi connectivity index (χ1) is 15.7. The fraction of sp³-hybridized carbons (Fsp3) is 0.333. The number of nitro groups is 1. The summed E-state index contributed by atoms with van der Waals surface area (Å²) in [6, 6.07) is 7.76. The molecular weight excluding hydrogens is 454 g/mol. The van der Waals surface area contributed by atoms with Gasteiger partial charge < -0.3 is 15.2 Å². The molecule has 33 heavy (non-hydrogen) atoms. The second-order valence-electron chi connectivity index (χ2n) is 7.57. The Kier molecular flexibility index (Phi) is 7.48. The van der Waals surface area contributed by atoms with Gasteiger partial charge in [-0.15, -0.1) is 0 Å². The van der Waals surface area contributed by atoms with Crippen molar-refractivity contribution in [3.8, 4) is 5.75 Å². The average molecular weight is 477 g/mol. The SMILES string of the molecule is O=C(COC(=O)c1cc(S(=O)(=O)Nc2ccc([N+](=O)[O-])cc2)ccc1O)NC1CCCCC1. The summed E-state index contributed by atoms with van der Waals surface area (Å²) in [5.41, 5.74) is -0.565. The number of hydrogen-bond acceptors (Lipinski definition) is 8. The number of ether oxygens (including phenoxy) is 1. The fourth-order valence-electron chi connectivity index (χ4n) is 3.44. The third-order valence-electron chi connectivity index (χ3n) is 5.13. The number of benzene rings is 2. The molecule has 3 rings (SSSR count). The molecule has 3 N–H and O–H groups in total. The number of carbonyl (C=O) groups excluding carboxylic acids is 2. The van der Waals surface area contributed by atoms with Gasteiger partial charge in [0.15, 0.2) is 6.61 Å². The molecule has 0 heterocycles. The molecule has 0 atom stereocenters. The van der Waals surface area contributed by atoms with Crippen molar-refractivity contribution in [2.45, 2.75) is 43.0 Å². The molecule has 0 radical (unpaired) electrons. The van der Waals surface area contributed by atoms with E-state index in [1.54, 1.807) is 0 Å². The van der Waals surface area contributed by atoms with E-state index >= 15 is 0 Å². The summed E-state index contributed by atoms with van der Waals surface area (Å²) in [5, 5.41) is 23.5. The molecule has 0 aromatic heterocycles. The number of phenolic OH excluding ortho intramolecular Hbond substituents is 1. The van der Waals surface area contributed by atoms with Crippen LogP contribution in [-0.2, 0) is 19.6 Å². The van der Waals surface area contributed by atoms with Crippen LogP contribution >= 0.6 is 0 Å². The Balaban J connectivity index is 1.66. The molecule has 0 unspecified atom stereocenters. The molecule has 12 heteroatoms. The van der Waals surface area contributed by atoms with Gasteiger partial charge in [-0.05, 0) is 43.2 Å². The van der Waals surface area contributed by atoms with E-state index in [1.807, 2.05) is 0 Å². The molecule has 2 aromatic rings. The highest BCUT2D eigenvalue weighted by Crippen LogP contribution is 2.25. The largest absolute Gasteiger partial charge is 0.507 e. The normalized spacial score (nSPS) is 14.3. The number of nitrogens with zero attached hydrogens (tertiary/aromatic N) is 1. The Morgan fingerprint density at radius 2 is 1.76 bits per heavy atom. The quantitative estimate of drug-likeness (QED) is 0.297. The van der Waals surface area contributed by atoms with Crippen molar-refractivity contribution in [2.75, 3.05) is 11.3 Å². The number of esters is 1. The van der Waals surface area contributed by atoms with Crippen LogP contribution in [0.25, 0.3) is 0 Å². The van der Waals surface area contributed by atoms with Crippen molar-refractivity contribution < 1.29 is 32.8 Å². The maximum atomic E-state index is 12.7. The van der Waals surface area contributed by atoms with E-state index in [0.717, 1.165) is 62.4 Å². The van der Waals surface area contributed by atoms with Crippen molar-refractivity contribution in [3.63, 3.8) is 0 Å². The summed E-state index contributed by atoms with van der Waals surface area (Å²) in [5.74, 6) is -2.04. The van der Waals surface area contributed by atoms with Gasteiger partial charge >= 0.3 is 5.97 Å². The second-order valence-corrected chi connectivity index (χ2v) is 9.25. The van der Waals surface area contributed by atoms with E-state index in [9.17, 15) is 33.2 Å². The minimum absolute atomic E-state index is 0.0392. The maximum absolute atomic E-state index is 12.7. The van der Waals surface area contributed by atoms with Crippen LogP contribution in [0.5, 0.6) is 5.75 Å². The smallest absolute Gasteiger partial charge is 0.342 e. The van der Waals surface area contributed by atoms with Crippen LogP contribution < -0.4 is 10.0 Å². The van der Waals surface area contributed by atoms with Crippen LogP contribution in [0.4, 0.5) is 11.4 Å². The minimum atomic E-state index is -4.19. The third kappa shape index (κ3) is 6.42. The van der Waals surface area contributed by atoms with E-state index in [4.69, 9.17) is 4.74 Å². The molecule has 1 saturated carbocycles. The number of nitro benzene ring substituents is 1. The van der Waals surface area contributed by atoms with Crippen LogP contribution in [0.15, 0.2) is 47.4 Å². The lowest BCUT2D eigenvalue weighted by molar-refractivity contribution is -0.384. The predicted molar refractivity (Wildman–Crippen MR) is 117 cm³/mol. The molecule has 0 spiro atoms. The van der Waals surface area contributed by atoms with Crippen molar-refractivity contribution in [1.29, 1.82) is 0 Å². The van der Waals surface area contributed by atoms with Crippen LogP contribution in [-0.4, -0.2) is 43.0 Å². The average Bonchev–Trinajstić information content (AvgIpc) is 2.78. The fourth-order valence-corrected chi connectivity index (χ4v) is 4.52. The Morgan fingerprint density at radius 3 is 2.39 bits per heavy atom. The Morgan fingerprint density at radius 1 is 1.09 bits per heavy atom. The summed E-state index contributed by atoms with van der Waals surface area (Å²) in [6.45, 7) is -0.563. The van der Waals surface area contributed by atoms with E-state index in [-0.39, 0.29) is 22.3 Å². The number of carbonyl (C=O) groups is 2. The number of anilines is 1. The van der Waals surface area contributed by atoms with Crippen molar-refractivity contribution in [2.24, 2.45) is 0 Å². The zero-order valence-electron chi connectivity index (χ0n) is 17.5. The second kappa shape index (κ2) is 10.3. The summed E-state index contributed by atoms with van der Waals surface area (Å²) in [4.78, 5) is 34.1. The lowest BCUT2D eigenvalue weighted by Crippen LogP contribution is -2.38. The molecule has 0 aliphatic heterocycles. The zero-order chi connectivity index (χ0) is 24.0. The molecule has 176 valence electrons. The topological polar surface area (TPSA) is 165 Å². The number of amides is 1. The van der Waals surface area contributed by atoms with Gasteiger partial charge in [0.25, 0.3) is 21.6 Å². The van der Waals surface area contributed by atoms with Gasteiger partial charge in [0.05, 0.1) is 9.82 Å². The highest BCUT2D eigenvalue weighted by molar-refractivity contribution is 7.92. The Bertz CT molecular complexity index is 1140. The summed E-state index contributed by atoms with van der Waals surface area (Å²) in [7, 11) is -4.19. The van der Waals surface area contributed by atoms with E-state index < -0.39 is 44.7 Å². The molecular formula is C21H23N3O8S. The molecule has 1 aliphatic carbocycles. The monoisotopic (exact) mass is 477 g/mol. The predicted octanol–water partition coefficient (Wildman–Crippen LogP) is 2.71. The molecule has 2 aromatic carbocycles. The van der Waals surface area contributed by atoms with Gasteiger partial charge in [-0.25, -0.2) is 13.2 Å². The number of nitrogens with one attached hydrogen (secondary N) is 2. The molecule has 0 saturated heterocycles. The zero-order valence-corrected chi connectivity index (χ0v) is 18.3. The highest BCUT2D eigenvalue weighted by Gasteiger charge is 2.22. The molecule has 0 bridgehead atoms. The molecule has 1 amide bonds. The van der Waals surface area contributed by atoms with Gasteiger partial charge in [0.2, 0.25) is 0 Å². The minimum Gasteiger partial charge on any atom is -0.507 e. The van der Waals surface area contributed by atoms with Gasteiger partial charge in [-0.2, -0.15) is 0 Å². The van der Waals surface area contributed by atoms with E-state index in [0.29, 0.717) is 0 Å². The Hall–Kier alpha value is -3.67. The third-order valence-corrected chi connectivity index (χ3v) is 6.51. The summed E-state index contributed by atoms with van der Waals surface area (Å²) in [6.07, 6.45) is 4.89. The molecule has 1 fully saturated rings. The van der Waals surface area contributed by atoms with Gasteiger partial charge in [-0.1, -0.05) is 19.3 Å². The van der Waals surface area contributed by atoms with Crippen LogP contribution in [0.2, 0.25) is 0 Å². The van der Waals surface area contributed by atoms with Gasteiger partial charge in [-0.3, -0.25) is 19.6 Å². The van der Waals surface area contributed by atoms with E-state index in [1.165, 1.54) is 12.1 Å². The first-order valence-electron chi connectivity index (χ1n) is 10.2. The number of aromatic hydroxyl groups is 1. The number of rotatable bonds is 8. The van der Waals surface area contributed by atoms with Crippen LogP contribution in [0, 0.1) is 10.1 Å². The summed E-state index contributed by atoms with van der Waals surface area (Å²) >= 11 is 0.